The largest absolute Gasteiger partial charge is 0.398 e. The van der Waals surface area contributed by atoms with Crippen LogP contribution in [0.25, 0.3) is 0 Å². The van der Waals surface area contributed by atoms with Crippen LogP contribution < -0.4 is 10.6 Å². The molecule has 2 nitrogen and oxygen atoms in total. The van der Waals surface area contributed by atoms with Crippen molar-refractivity contribution in [3.63, 3.8) is 0 Å². The van der Waals surface area contributed by atoms with Gasteiger partial charge in [-0.05, 0) is 24.6 Å². The molecule has 1 aliphatic heterocycles. The topological polar surface area (TPSA) is 29.3 Å². The maximum Gasteiger partial charge on any atom is 0.0683 e. The highest BCUT2D eigenvalue weighted by Gasteiger charge is 2.16. The number of rotatable bonds is 0. The van der Waals surface area contributed by atoms with Crippen LogP contribution in [0.2, 0.25) is 0 Å². The number of fused-ring (bicyclic) bond motifs is 1. The van der Waals surface area contributed by atoms with E-state index in [1.54, 1.807) is 0 Å². The number of hydrogen-bond donors (Lipinski definition) is 1. The summed E-state index contributed by atoms with van der Waals surface area (Å²) in [7, 11) is 2.09. The molecule has 1 aromatic carbocycles. The third-order valence-electron chi connectivity index (χ3n) is 2.17. The van der Waals surface area contributed by atoms with Gasteiger partial charge in [0.1, 0.15) is 0 Å². The molecule has 0 saturated heterocycles. The second kappa shape index (κ2) is 2.59. The minimum absolute atomic E-state index is 0.892. The number of benzene rings is 1. The molecule has 12 heavy (non-hydrogen) atoms. The molecule has 0 bridgehead atoms. The molecule has 64 valence electrons. The number of thioether (sulfide) groups is 1. The Bertz CT molecular complexity index is 323. The van der Waals surface area contributed by atoms with Gasteiger partial charge in [-0.2, -0.15) is 0 Å². The van der Waals surface area contributed by atoms with E-state index < -0.39 is 0 Å². The fourth-order valence-electron chi connectivity index (χ4n) is 1.34. The normalized spacial score (nSPS) is 15.0. The summed E-state index contributed by atoms with van der Waals surface area (Å²) < 4.78 is 0. The van der Waals surface area contributed by atoms with Crippen molar-refractivity contribution in [2.75, 3.05) is 23.6 Å². The minimum Gasteiger partial charge on any atom is -0.398 e. The minimum atomic E-state index is 0.892. The van der Waals surface area contributed by atoms with Gasteiger partial charge in [-0.1, -0.05) is 0 Å². The predicted octanol–water partition coefficient (Wildman–Crippen LogP) is 2.08. The average molecular weight is 180 g/mol. The lowest BCUT2D eigenvalue weighted by Gasteiger charge is -2.11. The zero-order valence-corrected chi connectivity index (χ0v) is 8.11. The van der Waals surface area contributed by atoms with E-state index in [9.17, 15) is 0 Å². The predicted molar refractivity (Wildman–Crippen MR) is 54.7 cm³/mol. The first-order chi connectivity index (χ1) is 5.68. The smallest absolute Gasteiger partial charge is 0.0683 e. The van der Waals surface area contributed by atoms with Gasteiger partial charge in [0.05, 0.1) is 11.6 Å². The summed E-state index contributed by atoms with van der Waals surface area (Å²) in [6, 6.07) is 4.23. The summed E-state index contributed by atoms with van der Waals surface area (Å²) in [6.07, 6.45) is 0. The summed E-state index contributed by atoms with van der Waals surface area (Å²) in [6.45, 7) is 2.05. The monoisotopic (exact) mass is 180 g/mol. The molecular formula is C9H12N2S. The zero-order chi connectivity index (χ0) is 8.72. The number of aryl methyl sites for hydroxylation is 1. The summed E-state index contributed by atoms with van der Waals surface area (Å²) in [4.78, 5) is 3.57. The number of anilines is 2. The lowest BCUT2D eigenvalue weighted by molar-refractivity contribution is 1.10. The van der Waals surface area contributed by atoms with E-state index in [1.807, 2.05) is 11.8 Å². The van der Waals surface area contributed by atoms with E-state index >= 15 is 0 Å². The Morgan fingerprint density at radius 1 is 1.50 bits per heavy atom. The van der Waals surface area contributed by atoms with Crippen LogP contribution >= 0.6 is 11.8 Å². The van der Waals surface area contributed by atoms with E-state index in [2.05, 4.69) is 31.0 Å². The van der Waals surface area contributed by atoms with Gasteiger partial charge in [-0.15, -0.1) is 11.8 Å². The molecule has 0 unspecified atom stereocenters. The summed E-state index contributed by atoms with van der Waals surface area (Å²) in [5.74, 6) is 1.04. The Morgan fingerprint density at radius 2 is 2.25 bits per heavy atom. The number of nitrogens with zero attached hydrogens (tertiary/aromatic N) is 1. The first-order valence-electron chi connectivity index (χ1n) is 3.92. The highest BCUT2D eigenvalue weighted by atomic mass is 32.2. The van der Waals surface area contributed by atoms with Crippen molar-refractivity contribution in [2.45, 2.75) is 11.8 Å². The summed E-state index contributed by atoms with van der Waals surface area (Å²) in [5.41, 5.74) is 9.16. The maximum absolute atomic E-state index is 5.82. The Morgan fingerprint density at radius 3 is 3.00 bits per heavy atom. The summed E-state index contributed by atoms with van der Waals surface area (Å²) >= 11 is 1.87. The molecule has 0 atom stereocenters. The molecule has 0 aliphatic carbocycles. The molecule has 2 N–H and O–H groups in total. The molecule has 0 amide bonds. The molecule has 0 aromatic heterocycles. The van der Waals surface area contributed by atoms with Gasteiger partial charge in [0.15, 0.2) is 0 Å². The first kappa shape index (κ1) is 7.80. The Hall–Kier alpha value is -0.830. The van der Waals surface area contributed by atoms with E-state index in [0.29, 0.717) is 0 Å². The maximum atomic E-state index is 5.82. The van der Waals surface area contributed by atoms with Gasteiger partial charge in [0, 0.05) is 17.6 Å². The molecule has 3 heteroatoms. The van der Waals surface area contributed by atoms with E-state index in [1.165, 1.54) is 16.1 Å². The fourth-order valence-corrected chi connectivity index (χ4v) is 2.43. The molecule has 0 fully saturated rings. The second-order valence-electron chi connectivity index (χ2n) is 3.15. The third-order valence-corrected chi connectivity index (χ3v) is 3.33. The van der Waals surface area contributed by atoms with Crippen molar-refractivity contribution in [3.8, 4) is 0 Å². The molecule has 2 rings (SSSR count). The van der Waals surface area contributed by atoms with Crippen LogP contribution in [0.1, 0.15) is 5.56 Å². The molecule has 1 aliphatic rings. The van der Waals surface area contributed by atoms with Crippen LogP contribution in [0.15, 0.2) is 17.0 Å². The van der Waals surface area contributed by atoms with Crippen molar-refractivity contribution in [1.29, 1.82) is 0 Å². The number of hydrogen-bond acceptors (Lipinski definition) is 3. The molecule has 0 spiro atoms. The molecular weight excluding hydrogens is 168 g/mol. The van der Waals surface area contributed by atoms with Crippen LogP contribution in [0.4, 0.5) is 11.4 Å². The van der Waals surface area contributed by atoms with E-state index in [4.69, 9.17) is 5.73 Å². The Labute approximate surface area is 76.7 Å². The van der Waals surface area contributed by atoms with Crippen LogP contribution in [-0.4, -0.2) is 12.9 Å². The number of nitrogen functional groups attached to an aromatic ring is 1. The van der Waals surface area contributed by atoms with Crippen molar-refractivity contribution >= 4 is 23.1 Å². The first-order valence-corrected chi connectivity index (χ1v) is 4.91. The standard InChI is InChI=1S/C9H12N2S/c1-6-3-9-8(4-7(6)10)11(2)5-12-9/h3-4H,5,10H2,1-2H3. The number of nitrogens with two attached hydrogens (primary N) is 1. The van der Waals surface area contributed by atoms with Crippen LogP contribution in [0.5, 0.6) is 0 Å². The molecule has 0 saturated carbocycles. The zero-order valence-electron chi connectivity index (χ0n) is 7.29. The van der Waals surface area contributed by atoms with Crippen LogP contribution in [0, 0.1) is 6.92 Å². The van der Waals surface area contributed by atoms with Gasteiger partial charge in [0.2, 0.25) is 0 Å². The molecule has 1 aromatic rings. The quantitative estimate of drug-likeness (QED) is 0.620. The van der Waals surface area contributed by atoms with Gasteiger partial charge in [-0.25, -0.2) is 0 Å². The van der Waals surface area contributed by atoms with Gasteiger partial charge in [0.25, 0.3) is 0 Å². The van der Waals surface area contributed by atoms with Crippen molar-refractivity contribution < 1.29 is 0 Å². The lowest BCUT2D eigenvalue weighted by atomic mass is 10.2. The Kier molecular flexibility index (Phi) is 1.68. The van der Waals surface area contributed by atoms with Crippen LogP contribution in [0.3, 0.4) is 0 Å². The highest BCUT2D eigenvalue weighted by molar-refractivity contribution is 7.99. The molecule has 0 radical (unpaired) electrons. The van der Waals surface area contributed by atoms with Crippen molar-refractivity contribution in [3.05, 3.63) is 17.7 Å². The average Bonchev–Trinajstić information content (AvgIpc) is 2.35. The van der Waals surface area contributed by atoms with Crippen molar-refractivity contribution in [1.82, 2.24) is 0 Å². The van der Waals surface area contributed by atoms with E-state index in [0.717, 1.165) is 11.6 Å². The van der Waals surface area contributed by atoms with Crippen LogP contribution in [-0.2, 0) is 0 Å². The highest BCUT2D eigenvalue weighted by Crippen LogP contribution is 2.39. The summed E-state index contributed by atoms with van der Waals surface area (Å²) in [5, 5.41) is 0. The van der Waals surface area contributed by atoms with Gasteiger partial charge < -0.3 is 10.6 Å². The van der Waals surface area contributed by atoms with Crippen molar-refractivity contribution in [2.24, 2.45) is 0 Å². The third kappa shape index (κ3) is 1.05. The van der Waals surface area contributed by atoms with Gasteiger partial charge >= 0.3 is 0 Å². The Balaban J connectivity index is 2.56. The van der Waals surface area contributed by atoms with Gasteiger partial charge in [-0.3, -0.25) is 0 Å². The lowest BCUT2D eigenvalue weighted by Crippen LogP contribution is -2.10. The fraction of sp³-hybridized carbons (Fsp3) is 0.333. The molecule has 1 heterocycles. The van der Waals surface area contributed by atoms with E-state index in [-0.39, 0.29) is 0 Å². The SMILES string of the molecule is Cc1cc2c(cc1N)N(C)CS2. The second-order valence-corrected chi connectivity index (χ2v) is 4.13.